The van der Waals surface area contributed by atoms with Crippen molar-refractivity contribution in [2.24, 2.45) is 0 Å². The maximum absolute atomic E-state index is 12.7. The molecule has 1 aromatic carbocycles. The number of nitrogens with zero attached hydrogens (tertiary/aromatic N) is 1. The Kier molecular flexibility index (Phi) is 2.93. The van der Waals surface area contributed by atoms with Crippen LogP contribution in [0.25, 0.3) is 11.0 Å². The molecule has 1 aliphatic rings. The lowest BCUT2D eigenvalue weighted by molar-refractivity contribution is 0.0933. The van der Waals surface area contributed by atoms with Crippen molar-refractivity contribution in [3.8, 4) is 0 Å². The van der Waals surface area contributed by atoms with Gasteiger partial charge in [0.05, 0.1) is 16.1 Å². The molecule has 2 aromatic heterocycles. The first-order chi connectivity index (χ1) is 10.2. The lowest BCUT2D eigenvalue weighted by Crippen LogP contribution is -2.10. The molecule has 0 radical (unpaired) electrons. The predicted octanol–water partition coefficient (Wildman–Crippen LogP) is 4.50. The topological polar surface area (TPSA) is 43.1 Å². The second kappa shape index (κ2) is 4.81. The Morgan fingerprint density at radius 3 is 3.05 bits per heavy atom. The molecule has 0 bridgehead atoms. The number of ketones is 1. The summed E-state index contributed by atoms with van der Waals surface area (Å²) in [5, 5.41) is 0.937. The minimum atomic E-state index is -0.180. The van der Waals surface area contributed by atoms with Crippen LogP contribution in [-0.2, 0) is 6.42 Å². The van der Waals surface area contributed by atoms with Crippen LogP contribution in [0.1, 0.15) is 34.2 Å². The Morgan fingerprint density at radius 1 is 1.29 bits per heavy atom. The first kappa shape index (κ1) is 12.8. The van der Waals surface area contributed by atoms with Gasteiger partial charge in [0, 0.05) is 11.6 Å². The Hall–Kier alpha value is -1.94. The van der Waals surface area contributed by atoms with Crippen LogP contribution in [0.4, 0.5) is 0 Å². The van der Waals surface area contributed by atoms with Crippen LogP contribution >= 0.6 is 15.9 Å². The highest BCUT2D eigenvalue weighted by atomic mass is 79.9. The molecule has 1 aliphatic carbocycles. The minimum Gasteiger partial charge on any atom is -0.452 e. The fraction of sp³-hybridized carbons (Fsp3) is 0.176. The van der Waals surface area contributed by atoms with E-state index in [0.717, 1.165) is 34.0 Å². The van der Waals surface area contributed by atoms with Gasteiger partial charge in [-0.3, -0.25) is 9.78 Å². The van der Waals surface area contributed by atoms with Gasteiger partial charge in [0.25, 0.3) is 0 Å². The number of benzene rings is 1. The first-order valence-electron chi connectivity index (χ1n) is 6.90. The molecular weight excluding hydrogens is 330 g/mol. The Balaban J connectivity index is 1.76. The third-order valence-corrected chi connectivity index (χ3v) is 4.64. The third-order valence-electron chi connectivity index (χ3n) is 4.01. The van der Waals surface area contributed by atoms with E-state index in [1.54, 1.807) is 6.20 Å². The Labute approximate surface area is 130 Å². The van der Waals surface area contributed by atoms with Crippen LogP contribution in [0.5, 0.6) is 0 Å². The number of hydrogen-bond donors (Lipinski definition) is 0. The summed E-state index contributed by atoms with van der Waals surface area (Å²) in [7, 11) is 0. The van der Waals surface area contributed by atoms with Gasteiger partial charge < -0.3 is 4.42 Å². The number of aromatic nitrogens is 1. The average molecular weight is 342 g/mol. The van der Waals surface area contributed by atoms with Crippen LogP contribution < -0.4 is 0 Å². The zero-order valence-corrected chi connectivity index (χ0v) is 12.8. The first-order valence-corrected chi connectivity index (χ1v) is 7.69. The maximum atomic E-state index is 12.7. The highest BCUT2D eigenvalue weighted by Crippen LogP contribution is 2.35. The van der Waals surface area contributed by atoms with E-state index < -0.39 is 0 Å². The summed E-state index contributed by atoms with van der Waals surface area (Å²) in [4.78, 5) is 17.1. The predicted molar refractivity (Wildman–Crippen MR) is 83.5 cm³/mol. The number of fused-ring (bicyclic) bond motifs is 2. The number of carbonyl (C=O) groups is 1. The zero-order valence-electron chi connectivity index (χ0n) is 11.2. The van der Waals surface area contributed by atoms with E-state index in [4.69, 9.17) is 4.42 Å². The molecule has 4 heteroatoms. The highest BCUT2D eigenvalue weighted by Gasteiger charge is 2.32. The number of rotatable bonds is 2. The summed E-state index contributed by atoms with van der Waals surface area (Å²) in [5.74, 6) is 0.261. The summed E-state index contributed by atoms with van der Waals surface area (Å²) in [6.07, 6.45) is 3.46. The molecule has 0 saturated heterocycles. The summed E-state index contributed by atoms with van der Waals surface area (Å²) in [6.45, 7) is 0. The van der Waals surface area contributed by atoms with E-state index in [1.165, 1.54) is 5.56 Å². The number of halogens is 1. The molecular formula is C17H12BrNO2. The van der Waals surface area contributed by atoms with Gasteiger partial charge in [0.15, 0.2) is 5.76 Å². The molecule has 1 atom stereocenters. The molecule has 0 amide bonds. The molecule has 2 heterocycles. The molecule has 0 N–H and O–H groups in total. The molecule has 0 saturated carbocycles. The quantitative estimate of drug-likeness (QED) is 0.644. The molecule has 0 fully saturated rings. The molecule has 3 nitrogen and oxygen atoms in total. The van der Waals surface area contributed by atoms with Crippen molar-refractivity contribution in [2.75, 3.05) is 0 Å². The number of pyridine rings is 1. The van der Waals surface area contributed by atoms with Gasteiger partial charge in [-0.25, -0.2) is 0 Å². The normalized spacial score (nSPS) is 17.1. The van der Waals surface area contributed by atoms with Crippen molar-refractivity contribution in [2.45, 2.75) is 18.8 Å². The number of furan rings is 1. The second-order valence-electron chi connectivity index (χ2n) is 5.27. The van der Waals surface area contributed by atoms with Crippen LogP contribution in [0, 0.1) is 0 Å². The lowest BCUT2D eigenvalue weighted by Gasteiger charge is -2.06. The van der Waals surface area contributed by atoms with Crippen molar-refractivity contribution in [3.05, 3.63) is 64.1 Å². The minimum absolute atomic E-state index is 0.0237. The van der Waals surface area contributed by atoms with Crippen LogP contribution in [0.15, 0.2) is 51.5 Å². The molecule has 21 heavy (non-hydrogen) atoms. The average Bonchev–Trinajstić information content (AvgIpc) is 3.11. The summed E-state index contributed by atoms with van der Waals surface area (Å²) >= 11 is 3.45. The standard InChI is InChI=1S/C17H12BrNO2/c18-13-5-1-3-11-9-14(21-17(11)13)16(20)12-7-6-10-4-2-8-19-15(10)12/h1-5,8-9,12H,6-7H2. The van der Waals surface area contributed by atoms with Crippen molar-refractivity contribution >= 4 is 32.7 Å². The van der Waals surface area contributed by atoms with Crippen molar-refractivity contribution in [1.29, 1.82) is 0 Å². The van der Waals surface area contributed by atoms with Gasteiger partial charge in [-0.05, 0) is 52.5 Å². The molecule has 104 valence electrons. The van der Waals surface area contributed by atoms with Gasteiger partial charge in [-0.2, -0.15) is 0 Å². The highest BCUT2D eigenvalue weighted by molar-refractivity contribution is 9.10. The van der Waals surface area contributed by atoms with E-state index in [2.05, 4.69) is 20.9 Å². The Morgan fingerprint density at radius 2 is 2.19 bits per heavy atom. The molecule has 0 spiro atoms. The summed E-state index contributed by atoms with van der Waals surface area (Å²) in [5.41, 5.74) is 2.80. The SMILES string of the molecule is O=C(c1cc2cccc(Br)c2o1)C1CCc2cccnc21. The second-order valence-corrected chi connectivity index (χ2v) is 6.13. The van der Waals surface area contributed by atoms with Crippen LogP contribution in [-0.4, -0.2) is 10.8 Å². The van der Waals surface area contributed by atoms with E-state index >= 15 is 0 Å². The van der Waals surface area contributed by atoms with Crippen molar-refractivity contribution in [1.82, 2.24) is 4.98 Å². The van der Waals surface area contributed by atoms with Crippen molar-refractivity contribution in [3.63, 3.8) is 0 Å². The molecule has 0 aliphatic heterocycles. The van der Waals surface area contributed by atoms with Gasteiger partial charge in [-0.1, -0.05) is 18.2 Å². The third kappa shape index (κ3) is 2.02. The van der Waals surface area contributed by atoms with Crippen molar-refractivity contribution < 1.29 is 9.21 Å². The number of para-hydroxylation sites is 1. The van der Waals surface area contributed by atoms with Gasteiger partial charge >= 0.3 is 0 Å². The smallest absolute Gasteiger partial charge is 0.207 e. The van der Waals surface area contributed by atoms with E-state index in [0.29, 0.717) is 5.76 Å². The summed E-state index contributed by atoms with van der Waals surface area (Å²) < 4.78 is 6.63. The number of carbonyl (C=O) groups excluding carboxylic acids is 1. The monoisotopic (exact) mass is 341 g/mol. The van der Waals surface area contributed by atoms with Gasteiger partial charge in [0.1, 0.15) is 5.58 Å². The zero-order chi connectivity index (χ0) is 14.4. The van der Waals surface area contributed by atoms with E-state index in [-0.39, 0.29) is 11.7 Å². The largest absolute Gasteiger partial charge is 0.452 e. The Bertz CT molecular complexity index is 853. The molecule has 3 aromatic rings. The van der Waals surface area contributed by atoms with E-state index in [9.17, 15) is 4.79 Å². The molecule has 4 rings (SSSR count). The van der Waals surface area contributed by atoms with Gasteiger partial charge in [-0.15, -0.1) is 0 Å². The number of hydrogen-bond acceptors (Lipinski definition) is 3. The van der Waals surface area contributed by atoms with Crippen LogP contribution in [0.2, 0.25) is 0 Å². The maximum Gasteiger partial charge on any atom is 0.207 e. The fourth-order valence-electron chi connectivity index (χ4n) is 2.99. The fourth-order valence-corrected chi connectivity index (χ4v) is 3.45. The number of aryl methyl sites for hydroxylation is 1. The van der Waals surface area contributed by atoms with Crippen LogP contribution in [0.3, 0.4) is 0 Å². The molecule has 1 unspecified atom stereocenters. The van der Waals surface area contributed by atoms with Gasteiger partial charge in [0.2, 0.25) is 5.78 Å². The summed E-state index contributed by atoms with van der Waals surface area (Å²) in [6, 6.07) is 11.6. The van der Waals surface area contributed by atoms with E-state index in [1.807, 2.05) is 36.4 Å². The number of Topliss-reactive ketones (excluding diaryl/α,β-unsaturated/α-hetero) is 1. The lowest BCUT2D eigenvalue weighted by atomic mass is 9.99.